The highest BCUT2D eigenvalue weighted by Crippen LogP contribution is 2.16. The molecular formula is C19H22FO4P. The highest BCUT2D eigenvalue weighted by molar-refractivity contribution is 7.27. The van der Waals surface area contributed by atoms with Crippen molar-refractivity contribution in [1.29, 1.82) is 0 Å². The van der Waals surface area contributed by atoms with Crippen LogP contribution in [0.3, 0.4) is 0 Å². The minimum absolute atomic E-state index is 0.290. The normalized spacial score (nSPS) is 11.8. The van der Waals surface area contributed by atoms with Crippen molar-refractivity contribution in [2.45, 2.75) is 19.8 Å². The number of carboxylic acids is 1. The van der Waals surface area contributed by atoms with Crippen molar-refractivity contribution in [2.75, 3.05) is 13.2 Å². The van der Waals surface area contributed by atoms with Gasteiger partial charge in [-0.1, -0.05) is 19.1 Å². The van der Waals surface area contributed by atoms with E-state index in [4.69, 9.17) is 14.6 Å². The minimum Gasteiger partial charge on any atom is -0.493 e. The molecule has 0 radical (unpaired) electrons. The first kappa shape index (κ1) is 19.2. The van der Waals surface area contributed by atoms with Crippen LogP contribution in [0.1, 0.15) is 18.9 Å². The fourth-order valence-corrected chi connectivity index (χ4v) is 2.58. The summed E-state index contributed by atoms with van der Waals surface area (Å²) >= 11 is 0. The Labute approximate surface area is 149 Å². The molecule has 0 aromatic heterocycles. The van der Waals surface area contributed by atoms with Gasteiger partial charge in [0.2, 0.25) is 0 Å². The quantitative estimate of drug-likeness (QED) is 0.547. The second-order valence-corrected chi connectivity index (χ2v) is 6.44. The third-order valence-electron chi connectivity index (χ3n) is 3.67. The summed E-state index contributed by atoms with van der Waals surface area (Å²) in [5.41, 5.74) is 0.967. The average Bonchev–Trinajstić information content (AvgIpc) is 2.57. The fraction of sp³-hybridized carbons (Fsp3) is 0.316. The van der Waals surface area contributed by atoms with E-state index < -0.39 is 11.9 Å². The first-order chi connectivity index (χ1) is 12.0. The van der Waals surface area contributed by atoms with Gasteiger partial charge in [-0.15, -0.1) is 9.24 Å². The van der Waals surface area contributed by atoms with Crippen LogP contribution in [-0.2, 0) is 11.2 Å². The van der Waals surface area contributed by atoms with Crippen LogP contribution >= 0.6 is 9.24 Å². The topological polar surface area (TPSA) is 55.8 Å². The van der Waals surface area contributed by atoms with Crippen LogP contribution in [-0.4, -0.2) is 24.3 Å². The van der Waals surface area contributed by atoms with Gasteiger partial charge in [-0.3, -0.25) is 4.79 Å². The molecule has 0 aliphatic heterocycles. The zero-order valence-electron chi connectivity index (χ0n) is 14.1. The van der Waals surface area contributed by atoms with Crippen molar-refractivity contribution in [1.82, 2.24) is 0 Å². The lowest BCUT2D eigenvalue weighted by Gasteiger charge is -2.11. The van der Waals surface area contributed by atoms with E-state index in [1.165, 1.54) is 12.1 Å². The van der Waals surface area contributed by atoms with Crippen molar-refractivity contribution in [2.24, 2.45) is 5.92 Å². The Balaban J connectivity index is 1.70. The van der Waals surface area contributed by atoms with Crippen LogP contribution in [0.25, 0.3) is 0 Å². The highest BCUT2D eigenvalue weighted by Gasteiger charge is 2.11. The van der Waals surface area contributed by atoms with Gasteiger partial charge in [0.1, 0.15) is 17.3 Å². The number of carboxylic acid groups (broad SMARTS) is 1. The van der Waals surface area contributed by atoms with Crippen LogP contribution in [0.2, 0.25) is 0 Å². The Bertz CT molecular complexity index is 703. The summed E-state index contributed by atoms with van der Waals surface area (Å²) in [6, 6.07) is 11.8. The first-order valence-corrected chi connectivity index (χ1v) is 8.66. The maximum atomic E-state index is 13.0. The van der Waals surface area contributed by atoms with Crippen LogP contribution < -0.4 is 14.8 Å². The molecule has 0 saturated heterocycles. The van der Waals surface area contributed by atoms with Crippen molar-refractivity contribution in [3.8, 4) is 11.5 Å². The summed E-state index contributed by atoms with van der Waals surface area (Å²) in [6.07, 6.45) is 1.19. The number of hydrogen-bond acceptors (Lipinski definition) is 3. The van der Waals surface area contributed by atoms with Gasteiger partial charge >= 0.3 is 5.97 Å². The number of hydrogen-bond donors (Lipinski definition) is 1. The largest absolute Gasteiger partial charge is 0.493 e. The zero-order chi connectivity index (χ0) is 18.2. The van der Waals surface area contributed by atoms with Gasteiger partial charge in [0, 0.05) is 11.7 Å². The maximum absolute atomic E-state index is 13.0. The molecule has 0 bridgehead atoms. The Morgan fingerprint density at radius 1 is 1.16 bits per heavy atom. The van der Waals surface area contributed by atoms with Gasteiger partial charge in [-0.05, 0) is 42.3 Å². The Hall–Kier alpha value is -2.13. The molecule has 2 aromatic carbocycles. The third kappa shape index (κ3) is 6.35. The Kier molecular flexibility index (Phi) is 7.20. The molecule has 4 nitrogen and oxygen atoms in total. The molecule has 0 aliphatic rings. The number of rotatable bonds is 9. The monoisotopic (exact) mass is 364 g/mol. The average molecular weight is 364 g/mol. The summed E-state index contributed by atoms with van der Waals surface area (Å²) in [7, 11) is 2.45. The Morgan fingerprint density at radius 3 is 2.48 bits per heavy atom. The number of aliphatic carboxylic acids is 1. The molecule has 0 spiro atoms. The SMILES string of the molecule is CC(Cc1ccc(OCCCOc2ccc(F)cc2P)cc1)C(=O)O. The summed E-state index contributed by atoms with van der Waals surface area (Å²) in [5.74, 6) is -0.113. The lowest BCUT2D eigenvalue weighted by molar-refractivity contribution is -0.141. The van der Waals surface area contributed by atoms with Crippen molar-refractivity contribution in [3.63, 3.8) is 0 Å². The molecular weight excluding hydrogens is 342 g/mol. The van der Waals surface area contributed by atoms with Crippen LogP contribution in [0.4, 0.5) is 4.39 Å². The van der Waals surface area contributed by atoms with E-state index in [-0.39, 0.29) is 5.82 Å². The first-order valence-electron chi connectivity index (χ1n) is 8.08. The lowest BCUT2D eigenvalue weighted by Crippen LogP contribution is -2.12. The molecule has 0 fully saturated rings. The Morgan fingerprint density at radius 2 is 1.84 bits per heavy atom. The van der Waals surface area contributed by atoms with Crippen molar-refractivity contribution >= 4 is 20.5 Å². The summed E-state index contributed by atoms with van der Waals surface area (Å²) in [5, 5.41) is 9.61. The molecule has 2 atom stereocenters. The second kappa shape index (κ2) is 9.38. The van der Waals surface area contributed by atoms with E-state index in [2.05, 4.69) is 9.24 Å². The molecule has 134 valence electrons. The van der Waals surface area contributed by atoms with Crippen molar-refractivity contribution in [3.05, 3.63) is 53.8 Å². The molecule has 25 heavy (non-hydrogen) atoms. The smallest absolute Gasteiger partial charge is 0.306 e. The molecule has 0 amide bonds. The van der Waals surface area contributed by atoms with Gasteiger partial charge in [0.25, 0.3) is 0 Å². The van der Waals surface area contributed by atoms with Crippen molar-refractivity contribution < 1.29 is 23.8 Å². The molecule has 0 aliphatic carbocycles. The number of halogens is 1. The summed E-state index contributed by atoms with van der Waals surface area (Å²) < 4.78 is 24.2. The van der Waals surface area contributed by atoms with Gasteiger partial charge < -0.3 is 14.6 Å². The van der Waals surface area contributed by atoms with Crippen LogP contribution in [0.5, 0.6) is 11.5 Å². The molecule has 2 aromatic rings. The van der Waals surface area contributed by atoms with Gasteiger partial charge in [0.05, 0.1) is 19.1 Å². The molecule has 0 saturated carbocycles. The van der Waals surface area contributed by atoms with E-state index in [0.717, 1.165) is 11.3 Å². The van der Waals surface area contributed by atoms with E-state index in [9.17, 15) is 9.18 Å². The van der Waals surface area contributed by atoms with E-state index in [1.54, 1.807) is 13.0 Å². The van der Waals surface area contributed by atoms with Gasteiger partial charge in [-0.2, -0.15) is 0 Å². The second-order valence-electron chi connectivity index (χ2n) is 5.82. The minimum atomic E-state index is -0.796. The van der Waals surface area contributed by atoms with Crippen LogP contribution in [0.15, 0.2) is 42.5 Å². The lowest BCUT2D eigenvalue weighted by atomic mass is 10.0. The number of ether oxygens (including phenoxy) is 2. The van der Waals surface area contributed by atoms with E-state index >= 15 is 0 Å². The third-order valence-corrected chi connectivity index (χ3v) is 4.12. The zero-order valence-corrected chi connectivity index (χ0v) is 15.2. The van der Waals surface area contributed by atoms with Gasteiger partial charge in [0.15, 0.2) is 0 Å². The van der Waals surface area contributed by atoms with Crippen LogP contribution in [0, 0.1) is 11.7 Å². The number of benzene rings is 2. The van der Waals surface area contributed by atoms with E-state index in [0.29, 0.717) is 37.1 Å². The molecule has 2 unspecified atom stereocenters. The predicted octanol–water partition coefficient (Wildman–Crippen LogP) is 3.44. The predicted molar refractivity (Wildman–Crippen MR) is 98.3 cm³/mol. The molecule has 0 heterocycles. The fourth-order valence-electron chi connectivity index (χ4n) is 2.24. The maximum Gasteiger partial charge on any atom is 0.306 e. The van der Waals surface area contributed by atoms with E-state index in [1.807, 2.05) is 24.3 Å². The summed E-state index contributed by atoms with van der Waals surface area (Å²) in [4.78, 5) is 10.9. The number of carbonyl (C=O) groups is 1. The standard InChI is InChI=1S/C19H22FO4P/c1-13(19(21)22)11-14-3-6-16(7-4-14)23-9-2-10-24-17-8-5-15(20)12-18(17)25/h3-8,12-13H,2,9-11,25H2,1H3,(H,21,22). The molecule has 2 rings (SSSR count). The van der Waals surface area contributed by atoms with Gasteiger partial charge in [-0.25, -0.2) is 4.39 Å². The summed E-state index contributed by atoms with van der Waals surface area (Å²) in [6.45, 7) is 2.66. The molecule has 6 heteroatoms. The highest BCUT2D eigenvalue weighted by atomic mass is 31.0. The molecule has 1 N–H and O–H groups in total.